The summed E-state index contributed by atoms with van der Waals surface area (Å²) in [5.74, 6) is 0.337. The molecule has 3 rings (SSSR count). The molecule has 2 fully saturated rings. The van der Waals surface area contributed by atoms with E-state index in [0.29, 0.717) is 24.4 Å². The molecule has 1 aromatic carbocycles. The third kappa shape index (κ3) is 3.99. The van der Waals surface area contributed by atoms with E-state index in [1.54, 1.807) is 0 Å². The first-order chi connectivity index (χ1) is 9.74. The highest BCUT2D eigenvalue weighted by atomic mass is 79.9. The molecular weight excluding hydrogens is 352 g/mol. The number of hydrogen-bond donors (Lipinski definition) is 1. The van der Waals surface area contributed by atoms with E-state index in [9.17, 15) is 4.79 Å². The standard InChI is InChI=1S/C16H21BrN2O.ClH/c17-13-4-1-12(2-5-13)3-8-16(20)19-14-6-7-15(19)11-18-10-9-14;/h1-2,4-5,14-15,18H,3,6-11H2;1H. The van der Waals surface area contributed by atoms with E-state index in [1.807, 2.05) is 12.1 Å². The highest BCUT2D eigenvalue weighted by Crippen LogP contribution is 2.28. The van der Waals surface area contributed by atoms with Gasteiger partial charge in [-0.2, -0.15) is 0 Å². The van der Waals surface area contributed by atoms with Gasteiger partial charge in [-0.3, -0.25) is 4.79 Å². The lowest BCUT2D eigenvalue weighted by atomic mass is 10.1. The van der Waals surface area contributed by atoms with E-state index in [4.69, 9.17) is 0 Å². The molecule has 2 atom stereocenters. The van der Waals surface area contributed by atoms with E-state index in [-0.39, 0.29) is 12.4 Å². The summed E-state index contributed by atoms with van der Waals surface area (Å²) in [5.41, 5.74) is 1.24. The van der Waals surface area contributed by atoms with Gasteiger partial charge in [0.1, 0.15) is 0 Å². The minimum atomic E-state index is 0. The molecule has 0 aromatic heterocycles. The lowest BCUT2D eigenvalue weighted by Gasteiger charge is -2.28. The van der Waals surface area contributed by atoms with Crippen LogP contribution in [-0.2, 0) is 11.2 Å². The molecule has 3 nitrogen and oxygen atoms in total. The van der Waals surface area contributed by atoms with Gasteiger partial charge in [0.15, 0.2) is 0 Å². The van der Waals surface area contributed by atoms with Gasteiger partial charge in [-0.25, -0.2) is 0 Å². The molecular formula is C16H22BrClN2O. The molecule has 2 heterocycles. The molecule has 1 amide bonds. The van der Waals surface area contributed by atoms with Crippen molar-refractivity contribution in [1.29, 1.82) is 0 Å². The fourth-order valence-electron chi connectivity index (χ4n) is 3.42. The normalized spacial score (nSPS) is 24.3. The molecule has 2 bridgehead atoms. The number of carbonyl (C=O) groups is 1. The quantitative estimate of drug-likeness (QED) is 0.882. The van der Waals surface area contributed by atoms with Crippen LogP contribution in [0.3, 0.4) is 0 Å². The third-order valence-electron chi connectivity index (χ3n) is 4.48. The topological polar surface area (TPSA) is 32.3 Å². The van der Waals surface area contributed by atoms with E-state index in [2.05, 4.69) is 38.3 Å². The number of nitrogens with one attached hydrogen (secondary N) is 1. The van der Waals surface area contributed by atoms with Crippen molar-refractivity contribution in [1.82, 2.24) is 10.2 Å². The molecule has 116 valence electrons. The van der Waals surface area contributed by atoms with E-state index in [0.717, 1.165) is 30.4 Å². The Morgan fingerprint density at radius 3 is 2.67 bits per heavy atom. The summed E-state index contributed by atoms with van der Waals surface area (Å²) in [6.07, 6.45) is 4.95. The van der Waals surface area contributed by atoms with Crippen LogP contribution in [0.15, 0.2) is 28.7 Å². The van der Waals surface area contributed by atoms with Crippen LogP contribution >= 0.6 is 28.3 Å². The summed E-state index contributed by atoms with van der Waals surface area (Å²) in [6, 6.07) is 9.18. The van der Waals surface area contributed by atoms with Crippen LogP contribution in [-0.4, -0.2) is 36.0 Å². The summed E-state index contributed by atoms with van der Waals surface area (Å²) in [4.78, 5) is 14.7. The van der Waals surface area contributed by atoms with Crippen LogP contribution in [0.2, 0.25) is 0 Å². The van der Waals surface area contributed by atoms with Gasteiger partial charge in [-0.05, 0) is 49.9 Å². The number of carbonyl (C=O) groups excluding carboxylic acids is 1. The van der Waals surface area contributed by atoms with Gasteiger partial charge < -0.3 is 10.2 Å². The number of fused-ring (bicyclic) bond motifs is 2. The number of halogens is 2. The van der Waals surface area contributed by atoms with Gasteiger partial charge in [0.25, 0.3) is 0 Å². The second-order valence-corrected chi connectivity index (χ2v) is 6.72. The van der Waals surface area contributed by atoms with Crippen molar-refractivity contribution in [3.05, 3.63) is 34.3 Å². The lowest BCUT2D eigenvalue weighted by molar-refractivity contribution is -0.133. The zero-order chi connectivity index (χ0) is 13.9. The number of nitrogens with zero attached hydrogens (tertiary/aromatic N) is 1. The number of benzene rings is 1. The van der Waals surface area contributed by atoms with Gasteiger partial charge in [-0.1, -0.05) is 28.1 Å². The summed E-state index contributed by atoms with van der Waals surface area (Å²) in [6.45, 7) is 2.03. The molecule has 21 heavy (non-hydrogen) atoms. The Morgan fingerprint density at radius 2 is 1.90 bits per heavy atom. The van der Waals surface area contributed by atoms with Crippen molar-refractivity contribution in [2.75, 3.05) is 13.1 Å². The first-order valence-corrected chi connectivity index (χ1v) is 8.29. The van der Waals surface area contributed by atoms with E-state index in [1.165, 1.54) is 18.4 Å². The predicted molar refractivity (Wildman–Crippen MR) is 90.9 cm³/mol. The van der Waals surface area contributed by atoms with E-state index < -0.39 is 0 Å². The molecule has 2 saturated heterocycles. The van der Waals surface area contributed by atoms with Crippen molar-refractivity contribution in [2.45, 2.75) is 44.2 Å². The average Bonchev–Trinajstić information content (AvgIpc) is 2.71. The highest BCUT2D eigenvalue weighted by Gasteiger charge is 2.37. The SMILES string of the molecule is Cl.O=C(CCc1ccc(Br)cc1)N1C2CCNCC1CC2. The Hall–Kier alpha value is -0.580. The summed E-state index contributed by atoms with van der Waals surface area (Å²) in [7, 11) is 0. The maximum atomic E-state index is 12.5. The number of rotatable bonds is 3. The minimum absolute atomic E-state index is 0. The third-order valence-corrected chi connectivity index (χ3v) is 5.01. The van der Waals surface area contributed by atoms with Crippen LogP contribution in [0.4, 0.5) is 0 Å². The fourth-order valence-corrected chi connectivity index (χ4v) is 3.69. The smallest absolute Gasteiger partial charge is 0.223 e. The van der Waals surface area contributed by atoms with Crippen molar-refractivity contribution in [3.8, 4) is 0 Å². The minimum Gasteiger partial charge on any atom is -0.335 e. The Bertz CT molecular complexity index is 466. The first-order valence-electron chi connectivity index (χ1n) is 7.50. The van der Waals surface area contributed by atoms with Crippen LogP contribution in [0.5, 0.6) is 0 Å². The summed E-state index contributed by atoms with van der Waals surface area (Å²) >= 11 is 3.44. The van der Waals surface area contributed by atoms with Gasteiger partial charge in [0, 0.05) is 29.5 Å². The molecule has 1 N–H and O–H groups in total. The molecule has 0 radical (unpaired) electrons. The van der Waals surface area contributed by atoms with Crippen LogP contribution in [0.1, 0.15) is 31.2 Å². The maximum Gasteiger partial charge on any atom is 0.223 e. The van der Waals surface area contributed by atoms with Crippen molar-refractivity contribution >= 4 is 34.2 Å². The van der Waals surface area contributed by atoms with Crippen molar-refractivity contribution in [3.63, 3.8) is 0 Å². The molecule has 2 unspecified atom stereocenters. The second-order valence-electron chi connectivity index (χ2n) is 5.81. The second kappa shape index (κ2) is 7.61. The van der Waals surface area contributed by atoms with Crippen LogP contribution < -0.4 is 5.32 Å². The molecule has 0 aliphatic carbocycles. The van der Waals surface area contributed by atoms with E-state index >= 15 is 0 Å². The molecule has 2 aliphatic rings. The van der Waals surface area contributed by atoms with Gasteiger partial charge in [-0.15, -0.1) is 12.4 Å². The molecule has 0 spiro atoms. The number of amides is 1. The Labute approximate surface area is 141 Å². The lowest BCUT2D eigenvalue weighted by Crippen LogP contribution is -2.42. The Kier molecular flexibility index (Phi) is 6.08. The maximum absolute atomic E-state index is 12.5. The van der Waals surface area contributed by atoms with Crippen molar-refractivity contribution < 1.29 is 4.79 Å². The molecule has 5 heteroatoms. The van der Waals surface area contributed by atoms with Crippen LogP contribution in [0.25, 0.3) is 0 Å². The fraction of sp³-hybridized carbons (Fsp3) is 0.562. The predicted octanol–water partition coefficient (Wildman–Crippen LogP) is 3.16. The monoisotopic (exact) mass is 372 g/mol. The Balaban J connectivity index is 0.00000161. The largest absolute Gasteiger partial charge is 0.335 e. The average molecular weight is 374 g/mol. The molecule has 1 aromatic rings. The number of hydrogen-bond acceptors (Lipinski definition) is 2. The molecule has 2 aliphatic heterocycles. The first kappa shape index (κ1) is 16.8. The van der Waals surface area contributed by atoms with Crippen LogP contribution in [0, 0.1) is 0 Å². The van der Waals surface area contributed by atoms with Crippen molar-refractivity contribution in [2.24, 2.45) is 0 Å². The summed E-state index contributed by atoms with van der Waals surface area (Å²) in [5, 5.41) is 3.44. The van der Waals surface area contributed by atoms with Gasteiger partial charge in [0.05, 0.1) is 0 Å². The highest BCUT2D eigenvalue weighted by molar-refractivity contribution is 9.10. The zero-order valence-corrected chi connectivity index (χ0v) is 14.5. The summed E-state index contributed by atoms with van der Waals surface area (Å²) < 4.78 is 1.09. The number of aryl methyl sites for hydroxylation is 1. The van der Waals surface area contributed by atoms with Gasteiger partial charge >= 0.3 is 0 Å². The van der Waals surface area contributed by atoms with Gasteiger partial charge in [0.2, 0.25) is 5.91 Å². The zero-order valence-electron chi connectivity index (χ0n) is 12.1. The Morgan fingerprint density at radius 1 is 1.19 bits per heavy atom. The molecule has 0 saturated carbocycles.